The zero-order valence-corrected chi connectivity index (χ0v) is 18.8. The lowest BCUT2D eigenvalue weighted by Gasteiger charge is -2.04. The maximum absolute atomic E-state index is 11.0. The van der Waals surface area contributed by atoms with Crippen LogP contribution in [0.1, 0.15) is 5.56 Å². The van der Waals surface area contributed by atoms with Gasteiger partial charge in [0.05, 0.1) is 22.6 Å². The smallest absolute Gasteiger partial charge is 0.269 e. The van der Waals surface area contributed by atoms with Gasteiger partial charge < -0.3 is 4.74 Å². The second kappa shape index (κ2) is 9.20. The van der Waals surface area contributed by atoms with Gasteiger partial charge in [-0.2, -0.15) is 0 Å². The topological polar surface area (TPSA) is 77.6 Å². The summed E-state index contributed by atoms with van der Waals surface area (Å²) < 4.78 is 6.25. The molecule has 0 unspecified atom stereocenters. The van der Waals surface area contributed by atoms with Gasteiger partial charge in [-0.25, -0.2) is 9.98 Å². The molecular weight excluding hydrogens is 478 g/mol. The molecule has 6 nitrogen and oxygen atoms in total. The molecule has 0 saturated carbocycles. The van der Waals surface area contributed by atoms with E-state index in [1.807, 2.05) is 48.5 Å². The molecule has 0 amide bonds. The van der Waals surface area contributed by atoms with Gasteiger partial charge in [0, 0.05) is 28.4 Å². The fourth-order valence-corrected chi connectivity index (χ4v) is 4.12. The van der Waals surface area contributed by atoms with E-state index in [-0.39, 0.29) is 5.69 Å². The third kappa shape index (κ3) is 4.87. The van der Waals surface area contributed by atoms with Crippen molar-refractivity contribution in [2.45, 2.75) is 0 Å². The minimum absolute atomic E-state index is 0.0488. The molecule has 1 aromatic heterocycles. The van der Waals surface area contributed by atoms with Crippen LogP contribution in [-0.4, -0.2) is 23.2 Å². The summed E-state index contributed by atoms with van der Waals surface area (Å²) >= 11 is 4.86. The summed E-state index contributed by atoms with van der Waals surface area (Å²) in [5.74, 6) is 0.754. The SMILES string of the molecule is COc1ccc(-c2nc(N=Cc3ccc(Br)cc3)sc2-c2ccc([N+](=O)[O-])cc2)cc1. The van der Waals surface area contributed by atoms with Crippen LogP contribution in [0.25, 0.3) is 21.7 Å². The number of hydrogen-bond acceptors (Lipinski definition) is 6. The zero-order valence-electron chi connectivity index (χ0n) is 16.4. The molecule has 3 aromatic carbocycles. The van der Waals surface area contributed by atoms with E-state index in [2.05, 4.69) is 20.9 Å². The molecule has 0 fully saturated rings. The fourth-order valence-electron chi connectivity index (χ4n) is 2.92. The van der Waals surface area contributed by atoms with Crippen molar-refractivity contribution in [2.75, 3.05) is 7.11 Å². The Labute approximate surface area is 191 Å². The number of non-ortho nitro benzene ring substituents is 1. The number of nitrogens with zero attached hydrogens (tertiary/aromatic N) is 3. The molecule has 4 rings (SSSR count). The summed E-state index contributed by atoms with van der Waals surface area (Å²) in [6, 6.07) is 21.9. The number of halogens is 1. The standard InChI is InChI=1S/C23H16BrN3O3S/c1-30-20-12-6-16(7-13-20)21-22(17-4-10-19(11-5-17)27(28)29)31-23(26-21)25-14-15-2-8-18(24)9-3-15/h2-14H,1H3. The Balaban J connectivity index is 1.75. The lowest BCUT2D eigenvalue weighted by molar-refractivity contribution is -0.384. The lowest BCUT2D eigenvalue weighted by atomic mass is 10.1. The number of rotatable bonds is 6. The number of nitro benzene ring substituents is 1. The largest absolute Gasteiger partial charge is 0.497 e. The highest BCUT2D eigenvalue weighted by Gasteiger charge is 2.16. The van der Waals surface area contributed by atoms with Crippen LogP contribution in [0.5, 0.6) is 5.75 Å². The molecule has 0 saturated heterocycles. The Kier molecular flexibility index (Phi) is 6.20. The Morgan fingerprint density at radius 2 is 1.65 bits per heavy atom. The summed E-state index contributed by atoms with van der Waals surface area (Å²) in [6.07, 6.45) is 1.77. The van der Waals surface area contributed by atoms with E-state index in [4.69, 9.17) is 9.72 Å². The Morgan fingerprint density at radius 1 is 1.00 bits per heavy atom. The van der Waals surface area contributed by atoms with Gasteiger partial charge >= 0.3 is 0 Å². The number of ether oxygens (including phenoxy) is 1. The first-order valence-corrected chi connectivity index (χ1v) is 10.8. The number of aromatic nitrogens is 1. The first kappa shape index (κ1) is 20.9. The van der Waals surface area contributed by atoms with Crippen molar-refractivity contribution in [3.8, 4) is 27.4 Å². The normalized spacial score (nSPS) is 11.0. The minimum Gasteiger partial charge on any atom is -0.497 e. The average Bonchev–Trinajstić information content (AvgIpc) is 3.23. The van der Waals surface area contributed by atoms with Crippen molar-refractivity contribution < 1.29 is 9.66 Å². The van der Waals surface area contributed by atoms with Crippen molar-refractivity contribution in [1.29, 1.82) is 0 Å². The monoisotopic (exact) mass is 493 g/mol. The van der Waals surface area contributed by atoms with Gasteiger partial charge in [0.2, 0.25) is 5.13 Å². The molecule has 0 bridgehead atoms. The minimum atomic E-state index is -0.408. The maximum atomic E-state index is 11.0. The van der Waals surface area contributed by atoms with Crippen molar-refractivity contribution >= 4 is 44.3 Å². The highest BCUT2D eigenvalue weighted by Crippen LogP contribution is 2.40. The Hall–Kier alpha value is -3.36. The number of methoxy groups -OCH3 is 1. The molecule has 154 valence electrons. The second-order valence-electron chi connectivity index (χ2n) is 6.52. The van der Waals surface area contributed by atoms with Crippen LogP contribution in [0.3, 0.4) is 0 Å². The molecule has 0 atom stereocenters. The molecule has 0 N–H and O–H groups in total. The molecule has 0 radical (unpaired) electrons. The first-order chi connectivity index (χ1) is 15.0. The van der Waals surface area contributed by atoms with Gasteiger partial charge in [-0.1, -0.05) is 39.4 Å². The number of aliphatic imine (C=N–C) groups is 1. The molecule has 0 aliphatic rings. The number of thiazole rings is 1. The molecule has 0 spiro atoms. The first-order valence-electron chi connectivity index (χ1n) is 9.23. The second-order valence-corrected chi connectivity index (χ2v) is 8.41. The summed E-state index contributed by atoms with van der Waals surface area (Å²) in [5, 5.41) is 11.6. The molecule has 1 heterocycles. The maximum Gasteiger partial charge on any atom is 0.269 e. The van der Waals surface area contributed by atoms with Crippen LogP contribution < -0.4 is 4.74 Å². The van der Waals surface area contributed by atoms with Gasteiger partial charge in [-0.15, -0.1) is 0 Å². The average molecular weight is 494 g/mol. The Bertz CT molecular complexity index is 1230. The van der Waals surface area contributed by atoms with Crippen LogP contribution in [0.2, 0.25) is 0 Å². The molecule has 0 aliphatic carbocycles. The summed E-state index contributed by atoms with van der Waals surface area (Å²) in [7, 11) is 1.62. The van der Waals surface area contributed by atoms with E-state index in [1.165, 1.54) is 23.5 Å². The van der Waals surface area contributed by atoms with E-state index in [1.54, 1.807) is 25.5 Å². The predicted molar refractivity (Wildman–Crippen MR) is 128 cm³/mol. The van der Waals surface area contributed by atoms with Crippen LogP contribution in [-0.2, 0) is 0 Å². The van der Waals surface area contributed by atoms with Gasteiger partial charge in [0.25, 0.3) is 5.69 Å². The fraction of sp³-hybridized carbons (Fsp3) is 0.0435. The van der Waals surface area contributed by atoms with Gasteiger partial charge in [-0.05, 0) is 59.7 Å². The summed E-state index contributed by atoms with van der Waals surface area (Å²) in [4.78, 5) is 20.8. The van der Waals surface area contributed by atoms with Crippen LogP contribution in [0.15, 0.2) is 82.3 Å². The number of benzene rings is 3. The molecule has 4 aromatic rings. The lowest BCUT2D eigenvalue weighted by Crippen LogP contribution is -1.88. The van der Waals surface area contributed by atoms with Crippen LogP contribution >= 0.6 is 27.3 Å². The number of hydrogen-bond donors (Lipinski definition) is 0. The highest BCUT2D eigenvalue weighted by atomic mass is 79.9. The van der Waals surface area contributed by atoms with Crippen molar-refractivity contribution in [3.63, 3.8) is 0 Å². The van der Waals surface area contributed by atoms with Gasteiger partial charge in [0.15, 0.2) is 0 Å². The quantitative estimate of drug-likeness (QED) is 0.166. The van der Waals surface area contributed by atoms with Crippen molar-refractivity contribution in [1.82, 2.24) is 4.98 Å². The number of nitro groups is 1. The van der Waals surface area contributed by atoms with E-state index in [9.17, 15) is 10.1 Å². The third-order valence-corrected chi connectivity index (χ3v) is 6.05. The molecule has 0 aliphatic heterocycles. The van der Waals surface area contributed by atoms with E-state index < -0.39 is 4.92 Å². The molecule has 8 heteroatoms. The van der Waals surface area contributed by atoms with Crippen molar-refractivity contribution in [2.24, 2.45) is 4.99 Å². The Morgan fingerprint density at radius 3 is 2.26 bits per heavy atom. The highest BCUT2D eigenvalue weighted by molar-refractivity contribution is 9.10. The van der Waals surface area contributed by atoms with E-state index >= 15 is 0 Å². The third-order valence-electron chi connectivity index (χ3n) is 4.51. The predicted octanol–water partition coefficient (Wildman–Crippen LogP) is 6.91. The summed E-state index contributed by atoms with van der Waals surface area (Å²) in [5.41, 5.74) is 3.54. The van der Waals surface area contributed by atoms with Gasteiger partial charge in [0.1, 0.15) is 5.75 Å². The van der Waals surface area contributed by atoms with Crippen molar-refractivity contribution in [3.05, 3.63) is 92.9 Å². The van der Waals surface area contributed by atoms with E-state index in [0.29, 0.717) is 5.13 Å². The molecular formula is C23H16BrN3O3S. The summed E-state index contributed by atoms with van der Waals surface area (Å²) in [6.45, 7) is 0. The van der Waals surface area contributed by atoms with Crippen LogP contribution in [0.4, 0.5) is 10.8 Å². The van der Waals surface area contributed by atoms with Gasteiger partial charge in [-0.3, -0.25) is 10.1 Å². The zero-order chi connectivity index (χ0) is 21.8. The van der Waals surface area contributed by atoms with E-state index in [0.717, 1.165) is 37.5 Å². The molecule has 31 heavy (non-hydrogen) atoms. The van der Waals surface area contributed by atoms with Crippen LogP contribution in [0, 0.1) is 10.1 Å².